The molecule has 0 unspecified atom stereocenters. The number of ether oxygens (including phenoxy) is 2. The summed E-state index contributed by atoms with van der Waals surface area (Å²) in [6, 6.07) is 57.9. The topological polar surface area (TPSA) is 18.5 Å². The van der Waals surface area contributed by atoms with Crippen LogP contribution in [0.15, 0.2) is 164 Å². The monoisotopic (exact) mass is 594 g/mol. The predicted octanol–water partition coefficient (Wildman–Crippen LogP) is 10.3. The Labute approximate surface area is 263 Å². The Hall–Kier alpha value is -5.43. The number of rotatable bonds is 4. The highest BCUT2D eigenvalue weighted by Gasteiger charge is 2.40. The van der Waals surface area contributed by atoms with E-state index in [1.165, 1.54) is 21.7 Å². The largest absolute Gasteiger partial charge is 0.455 e. The number of hydrogen-bond donors (Lipinski definition) is 0. The highest BCUT2D eigenvalue weighted by atomic mass is 31.1. The van der Waals surface area contributed by atoms with Crippen LogP contribution in [0, 0.1) is 0 Å². The molecule has 0 spiro atoms. The van der Waals surface area contributed by atoms with Gasteiger partial charge in [-0.05, 0) is 63.7 Å². The summed E-state index contributed by atoms with van der Waals surface area (Å²) < 4.78 is 14.0. The third-order valence-electron chi connectivity index (χ3n) is 8.64. The van der Waals surface area contributed by atoms with E-state index in [4.69, 9.17) is 9.47 Å². The van der Waals surface area contributed by atoms with Gasteiger partial charge < -0.3 is 9.47 Å². The van der Waals surface area contributed by atoms with E-state index < -0.39 is 7.92 Å². The lowest BCUT2D eigenvalue weighted by Gasteiger charge is -2.37. The van der Waals surface area contributed by atoms with Crippen LogP contribution in [-0.4, -0.2) is 0 Å². The molecule has 0 amide bonds. The van der Waals surface area contributed by atoms with Gasteiger partial charge in [-0.15, -0.1) is 0 Å². The molecule has 0 saturated carbocycles. The molecule has 2 nitrogen and oxygen atoms in total. The van der Waals surface area contributed by atoms with Crippen molar-refractivity contribution in [2.24, 2.45) is 0 Å². The molecule has 212 valence electrons. The first-order valence-electron chi connectivity index (χ1n) is 15.2. The van der Waals surface area contributed by atoms with Crippen molar-refractivity contribution < 1.29 is 9.47 Å². The molecule has 0 saturated heterocycles. The molecular weight excluding hydrogens is 567 g/mol. The van der Waals surface area contributed by atoms with Crippen molar-refractivity contribution in [3.8, 4) is 67.5 Å². The summed E-state index contributed by atoms with van der Waals surface area (Å²) in [5, 5.41) is 3.56. The van der Waals surface area contributed by atoms with E-state index in [1.54, 1.807) is 0 Å². The number of fused-ring (bicyclic) bond motifs is 4. The van der Waals surface area contributed by atoms with E-state index in [1.807, 2.05) is 0 Å². The lowest BCUT2D eigenvalue weighted by Crippen LogP contribution is -2.32. The van der Waals surface area contributed by atoms with Gasteiger partial charge in [-0.1, -0.05) is 133 Å². The maximum absolute atomic E-state index is 7.01. The van der Waals surface area contributed by atoms with Crippen LogP contribution in [0.2, 0.25) is 0 Å². The maximum atomic E-state index is 7.01. The van der Waals surface area contributed by atoms with Gasteiger partial charge in [0, 0.05) is 29.7 Å². The Balaban J connectivity index is 1.33. The van der Waals surface area contributed by atoms with Gasteiger partial charge in [-0.3, -0.25) is 0 Å². The molecule has 0 atom stereocenters. The molecule has 3 heteroatoms. The van der Waals surface area contributed by atoms with Crippen LogP contribution in [0.1, 0.15) is 0 Å². The molecule has 2 aliphatic rings. The first kappa shape index (κ1) is 26.0. The van der Waals surface area contributed by atoms with Crippen molar-refractivity contribution in [2.45, 2.75) is 0 Å². The van der Waals surface area contributed by atoms with E-state index >= 15 is 0 Å². The first-order valence-corrected chi connectivity index (χ1v) is 16.5. The lowest BCUT2D eigenvalue weighted by atomic mass is 9.96. The predicted molar refractivity (Wildman–Crippen MR) is 187 cm³/mol. The van der Waals surface area contributed by atoms with Gasteiger partial charge in [-0.2, -0.15) is 0 Å². The summed E-state index contributed by atoms with van der Waals surface area (Å²) in [4.78, 5) is 0. The van der Waals surface area contributed by atoms with Gasteiger partial charge >= 0.3 is 0 Å². The third kappa shape index (κ3) is 4.38. The Morgan fingerprint density at radius 1 is 0.333 bits per heavy atom. The number of benzene rings is 7. The van der Waals surface area contributed by atoms with Crippen LogP contribution < -0.4 is 25.4 Å². The molecule has 2 aliphatic heterocycles. The molecule has 0 aliphatic carbocycles. The van der Waals surface area contributed by atoms with E-state index in [0.29, 0.717) is 0 Å². The van der Waals surface area contributed by atoms with Gasteiger partial charge in [-0.25, -0.2) is 0 Å². The zero-order valence-electron chi connectivity index (χ0n) is 24.4. The van der Waals surface area contributed by atoms with Crippen LogP contribution in [0.5, 0.6) is 23.0 Å². The molecule has 9 rings (SSSR count). The van der Waals surface area contributed by atoms with Crippen LogP contribution in [-0.2, 0) is 0 Å². The van der Waals surface area contributed by atoms with Crippen LogP contribution in [0.25, 0.3) is 44.5 Å². The minimum Gasteiger partial charge on any atom is -0.455 e. The summed E-state index contributed by atoms with van der Waals surface area (Å²) in [5.41, 5.74) is 9.02. The fourth-order valence-corrected chi connectivity index (χ4v) is 9.07. The van der Waals surface area contributed by atoms with Crippen molar-refractivity contribution in [3.63, 3.8) is 0 Å². The van der Waals surface area contributed by atoms with E-state index in [2.05, 4.69) is 164 Å². The summed E-state index contributed by atoms with van der Waals surface area (Å²) in [5.74, 6) is 3.59. The lowest BCUT2D eigenvalue weighted by molar-refractivity contribution is 0.469. The Kier molecular flexibility index (Phi) is 6.14. The summed E-state index contributed by atoms with van der Waals surface area (Å²) in [6.07, 6.45) is 0. The molecule has 0 N–H and O–H groups in total. The zero-order valence-corrected chi connectivity index (χ0v) is 25.2. The highest BCUT2D eigenvalue weighted by Crippen LogP contribution is 2.58. The Morgan fingerprint density at radius 3 is 1.11 bits per heavy atom. The van der Waals surface area contributed by atoms with Gasteiger partial charge in [0.15, 0.2) is 0 Å². The molecule has 7 aromatic carbocycles. The molecule has 0 radical (unpaired) electrons. The summed E-state index contributed by atoms with van der Waals surface area (Å²) in [7, 11) is -0.977. The molecule has 7 aromatic rings. The van der Waals surface area contributed by atoms with Crippen molar-refractivity contribution >= 4 is 23.8 Å². The Morgan fingerprint density at radius 2 is 0.711 bits per heavy atom. The second kappa shape index (κ2) is 10.6. The molecule has 2 heterocycles. The molecule has 0 bridgehead atoms. The average Bonchev–Trinajstić information content (AvgIpc) is 3.12. The quantitative estimate of drug-likeness (QED) is 0.189. The fraction of sp³-hybridized carbons (Fsp3) is 0. The van der Waals surface area contributed by atoms with Gasteiger partial charge in [0.2, 0.25) is 0 Å². The van der Waals surface area contributed by atoms with Crippen LogP contribution >= 0.6 is 7.92 Å². The van der Waals surface area contributed by atoms with Gasteiger partial charge in [0.1, 0.15) is 23.0 Å². The van der Waals surface area contributed by atoms with Crippen molar-refractivity contribution in [3.05, 3.63) is 164 Å². The number of hydrogen-bond acceptors (Lipinski definition) is 2. The molecule has 45 heavy (non-hydrogen) atoms. The molecular formula is C42H27O2P. The highest BCUT2D eigenvalue weighted by molar-refractivity contribution is 7.80. The van der Waals surface area contributed by atoms with Crippen LogP contribution in [0.3, 0.4) is 0 Å². The molecule has 0 aromatic heterocycles. The fourth-order valence-electron chi connectivity index (χ4n) is 6.48. The van der Waals surface area contributed by atoms with Gasteiger partial charge in [0.25, 0.3) is 0 Å². The minimum atomic E-state index is -0.977. The Bertz CT molecular complexity index is 2040. The van der Waals surface area contributed by atoms with E-state index in [0.717, 1.165) is 61.7 Å². The SMILES string of the molecule is c1ccc(-c2ccc3c(c2)Oc2c(-c4ccccc4)cc(-c4ccccc4)c4c2P3c2ccc(-c3ccccc3)cc2O4)cc1. The maximum Gasteiger partial charge on any atom is 0.147 e. The van der Waals surface area contributed by atoms with E-state index in [9.17, 15) is 0 Å². The van der Waals surface area contributed by atoms with E-state index in [-0.39, 0.29) is 0 Å². The van der Waals surface area contributed by atoms with Crippen molar-refractivity contribution in [2.75, 3.05) is 0 Å². The second-order valence-electron chi connectivity index (χ2n) is 11.3. The second-order valence-corrected chi connectivity index (χ2v) is 13.4. The van der Waals surface area contributed by atoms with Crippen molar-refractivity contribution in [1.82, 2.24) is 0 Å². The van der Waals surface area contributed by atoms with Crippen molar-refractivity contribution in [1.29, 1.82) is 0 Å². The first-order chi connectivity index (χ1) is 22.3. The summed E-state index contributed by atoms with van der Waals surface area (Å²) in [6.45, 7) is 0. The summed E-state index contributed by atoms with van der Waals surface area (Å²) >= 11 is 0. The minimum absolute atomic E-state index is 0.887. The zero-order chi connectivity index (χ0) is 29.7. The average molecular weight is 595 g/mol. The standard InChI is InChI=1S/C42H27O2P/c1-5-13-28(14-6-1)32-21-23-38-36(25-32)43-40-34(30-17-9-3-10-18-30)27-35(31-19-11-4-12-20-31)41-42(40)45(38)39-24-22-33(26-37(39)44-41)29-15-7-2-8-16-29/h1-27H. The smallest absolute Gasteiger partial charge is 0.147 e. The van der Waals surface area contributed by atoms with Gasteiger partial charge in [0.05, 0.1) is 5.30 Å². The van der Waals surface area contributed by atoms with Crippen LogP contribution in [0.4, 0.5) is 0 Å². The normalized spacial score (nSPS) is 12.7. The third-order valence-corrected chi connectivity index (χ3v) is 11.2. The molecule has 0 fully saturated rings.